The number of aliphatic imine (C=N–C) groups is 1. The van der Waals surface area contributed by atoms with Gasteiger partial charge in [0.25, 0.3) is 6.08 Å². The lowest BCUT2D eigenvalue weighted by atomic mass is 10.1. The highest BCUT2D eigenvalue weighted by Crippen LogP contribution is 2.23. The van der Waals surface area contributed by atoms with Crippen molar-refractivity contribution >= 4 is 18.4 Å². The summed E-state index contributed by atoms with van der Waals surface area (Å²) < 4.78 is 56.4. The molecule has 3 nitrogen and oxygen atoms in total. The van der Waals surface area contributed by atoms with E-state index >= 15 is 0 Å². The van der Waals surface area contributed by atoms with E-state index in [0.717, 1.165) is 18.2 Å². The largest absolute Gasteiger partial charge is 0.423 e. The van der Waals surface area contributed by atoms with Gasteiger partial charge in [0.2, 0.25) is 0 Å². The summed E-state index contributed by atoms with van der Waals surface area (Å²) >= 11 is 0. The van der Waals surface area contributed by atoms with Gasteiger partial charge in [0, 0.05) is 6.07 Å². The molecule has 0 saturated carbocycles. The summed E-state index contributed by atoms with van der Waals surface area (Å²) in [6, 6.07) is 7.21. The predicted octanol–water partition coefficient (Wildman–Crippen LogP) is 5.23. The van der Waals surface area contributed by atoms with Crippen LogP contribution in [0.25, 0.3) is 0 Å². The lowest BCUT2D eigenvalue weighted by Gasteiger charge is -2.07. The van der Waals surface area contributed by atoms with E-state index in [4.69, 9.17) is 4.74 Å². The van der Waals surface area contributed by atoms with Gasteiger partial charge in [-0.1, -0.05) is 6.07 Å². The van der Waals surface area contributed by atoms with Gasteiger partial charge in [-0.05, 0) is 55.5 Å². The predicted molar refractivity (Wildman–Crippen MR) is 85.6 cm³/mol. The molecule has 0 N–H and O–H groups in total. The molecule has 130 valence electrons. The maximum Gasteiger partial charge on any atom is 0.346 e. The molecule has 2 aromatic carbocycles. The number of aryl methyl sites for hydroxylation is 1. The van der Waals surface area contributed by atoms with E-state index in [9.17, 15) is 22.4 Å². The van der Waals surface area contributed by atoms with Crippen LogP contribution in [0.15, 0.2) is 53.5 Å². The van der Waals surface area contributed by atoms with Crippen LogP contribution in [-0.4, -0.2) is 12.7 Å². The highest BCUT2D eigenvalue weighted by Gasteiger charge is 2.15. The smallest absolute Gasteiger partial charge is 0.346 e. The molecule has 0 heterocycles. The molecule has 0 aliphatic rings. The Kier molecular flexibility index (Phi) is 6.05. The molecule has 0 aliphatic carbocycles. The molecule has 0 saturated heterocycles. The number of hydrogen-bond acceptors (Lipinski definition) is 3. The summed E-state index contributed by atoms with van der Waals surface area (Å²) in [5.74, 6) is -2.69. The lowest BCUT2D eigenvalue weighted by molar-refractivity contribution is 0.0729. The van der Waals surface area contributed by atoms with Crippen LogP contribution in [0.4, 0.5) is 23.2 Å². The van der Waals surface area contributed by atoms with Gasteiger partial charge < -0.3 is 4.74 Å². The molecule has 0 unspecified atom stereocenters. The third-order valence-electron chi connectivity index (χ3n) is 3.29. The van der Waals surface area contributed by atoms with Gasteiger partial charge in [0.05, 0.1) is 11.3 Å². The van der Waals surface area contributed by atoms with Crippen LogP contribution >= 0.6 is 0 Å². The minimum Gasteiger partial charge on any atom is -0.423 e. The topological polar surface area (TPSA) is 38.7 Å². The molecule has 0 amide bonds. The number of allylic oxidation sites excluding steroid dienone is 1. The molecular weight excluding hydrogens is 338 g/mol. The number of carbonyl (C=O) groups is 1. The number of ether oxygens (including phenoxy) is 1. The Morgan fingerprint density at radius 3 is 2.48 bits per heavy atom. The number of halogens is 4. The lowest BCUT2D eigenvalue weighted by Crippen LogP contribution is -2.11. The van der Waals surface area contributed by atoms with Gasteiger partial charge >= 0.3 is 5.97 Å². The minimum atomic E-state index is -1.80. The summed E-state index contributed by atoms with van der Waals surface area (Å²) in [7, 11) is 0. The zero-order valence-corrected chi connectivity index (χ0v) is 12.9. The first-order valence-electron chi connectivity index (χ1n) is 7.18. The van der Waals surface area contributed by atoms with Crippen LogP contribution in [-0.2, 0) is 6.42 Å². The van der Waals surface area contributed by atoms with Crippen molar-refractivity contribution in [2.24, 2.45) is 4.99 Å². The van der Waals surface area contributed by atoms with Crippen molar-refractivity contribution in [1.82, 2.24) is 0 Å². The molecule has 2 aromatic rings. The van der Waals surface area contributed by atoms with E-state index in [1.165, 1.54) is 24.3 Å². The molecule has 2 rings (SSSR count). The fourth-order valence-electron chi connectivity index (χ4n) is 2.07. The van der Waals surface area contributed by atoms with E-state index in [1.54, 1.807) is 0 Å². The molecule has 0 aromatic heterocycles. The molecule has 25 heavy (non-hydrogen) atoms. The molecule has 0 radical (unpaired) electrons. The molecular formula is C18H13F4NO2. The number of esters is 1. The van der Waals surface area contributed by atoms with E-state index in [2.05, 4.69) is 11.7 Å². The number of hydrogen-bond donors (Lipinski definition) is 0. The summed E-state index contributed by atoms with van der Waals surface area (Å²) in [6.07, 6.45) is -0.819. The van der Waals surface area contributed by atoms with Gasteiger partial charge in [0.1, 0.15) is 11.6 Å². The highest BCUT2D eigenvalue weighted by atomic mass is 19.3. The maximum absolute atomic E-state index is 14.0. The van der Waals surface area contributed by atoms with Crippen LogP contribution in [0.3, 0.4) is 0 Å². The van der Waals surface area contributed by atoms with Crippen molar-refractivity contribution in [3.8, 4) is 5.75 Å². The standard InChI is InChI=1S/C18H13F4NO2/c1-23-16-8-6-12(10-15(16)20)25-18(24)13-7-5-11(9-14(13)19)3-2-4-17(21)22/h4-10H,1-3H2. The van der Waals surface area contributed by atoms with E-state index in [-0.39, 0.29) is 29.8 Å². The van der Waals surface area contributed by atoms with E-state index < -0.39 is 23.7 Å². The van der Waals surface area contributed by atoms with Crippen LogP contribution in [0.1, 0.15) is 22.3 Å². The first-order valence-corrected chi connectivity index (χ1v) is 7.18. The monoisotopic (exact) mass is 351 g/mol. The summed E-state index contributed by atoms with van der Waals surface area (Å²) in [6.45, 7) is 3.19. The molecule has 0 spiro atoms. The minimum absolute atomic E-state index is 0.00546. The first-order chi connectivity index (χ1) is 11.9. The van der Waals surface area contributed by atoms with Crippen molar-refractivity contribution in [3.63, 3.8) is 0 Å². The molecule has 0 fully saturated rings. The first kappa shape index (κ1) is 18.4. The van der Waals surface area contributed by atoms with Crippen LogP contribution < -0.4 is 4.74 Å². The van der Waals surface area contributed by atoms with Crippen molar-refractivity contribution in [2.75, 3.05) is 0 Å². The summed E-state index contributed by atoms with van der Waals surface area (Å²) in [5, 5.41) is 0. The molecule has 0 bridgehead atoms. The normalized spacial score (nSPS) is 10.2. The Hall–Kier alpha value is -2.96. The summed E-state index contributed by atoms with van der Waals surface area (Å²) in [5.41, 5.74) is 0.107. The van der Waals surface area contributed by atoms with Crippen molar-refractivity contribution < 1.29 is 27.1 Å². The average molecular weight is 351 g/mol. The van der Waals surface area contributed by atoms with Crippen LogP contribution in [0.5, 0.6) is 5.75 Å². The highest BCUT2D eigenvalue weighted by molar-refractivity contribution is 5.91. The zero-order chi connectivity index (χ0) is 18.4. The Bertz CT molecular complexity index is 830. The van der Waals surface area contributed by atoms with Crippen LogP contribution in [0, 0.1) is 11.6 Å². The van der Waals surface area contributed by atoms with Crippen molar-refractivity contribution in [3.05, 3.63) is 71.3 Å². The Morgan fingerprint density at radius 1 is 1.12 bits per heavy atom. The van der Waals surface area contributed by atoms with E-state index in [1.807, 2.05) is 0 Å². The average Bonchev–Trinajstić information content (AvgIpc) is 2.54. The summed E-state index contributed by atoms with van der Waals surface area (Å²) in [4.78, 5) is 15.4. The molecule has 0 aliphatic heterocycles. The van der Waals surface area contributed by atoms with Crippen molar-refractivity contribution in [2.45, 2.75) is 12.8 Å². The Balaban J connectivity index is 2.10. The third-order valence-corrected chi connectivity index (χ3v) is 3.29. The zero-order valence-electron chi connectivity index (χ0n) is 12.9. The number of carbonyl (C=O) groups excluding carboxylic acids is 1. The van der Waals surface area contributed by atoms with Gasteiger partial charge in [-0.15, -0.1) is 0 Å². The SMILES string of the molecule is C=Nc1ccc(OC(=O)c2ccc(CCC=C(F)F)cc2F)cc1F. The molecule has 0 atom stereocenters. The maximum atomic E-state index is 14.0. The fourth-order valence-corrected chi connectivity index (χ4v) is 2.07. The van der Waals surface area contributed by atoms with Crippen LogP contribution in [0.2, 0.25) is 0 Å². The number of rotatable bonds is 6. The second kappa shape index (κ2) is 8.23. The quantitative estimate of drug-likeness (QED) is 0.309. The Morgan fingerprint density at radius 2 is 1.88 bits per heavy atom. The van der Waals surface area contributed by atoms with Gasteiger partial charge in [0.15, 0.2) is 5.82 Å². The van der Waals surface area contributed by atoms with Gasteiger partial charge in [-0.3, -0.25) is 4.99 Å². The number of nitrogens with zero attached hydrogens (tertiary/aromatic N) is 1. The molecule has 7 heteroatoms. The van der Waals surface area contributed by atoms with Crippen molar-refractivity contribution in [1.29, 1.82) is 0 Å². The van der Waals surface area contributed by atoms with Gasteiger partial charge in [-0.2, -0.15) is 8.78 Å². The fraction of sp³-hybridized carbons (Fsp3) is 0.111. The second-order valence-electron chi connectivity index (χ2n) is 5.01. The third kappa shape index (κ3) is 5.00. The Labute approximate surface area is 141 Å². The second-order valence-corrected chi connectivity index (χ2v) is 5.01. The number of benzene rings is 2. The van der Waals surface area contributed by atoms with Gasteiger partial charge in [-0.25, -0.2) is 13.6 Å². The van der Waals surface area contributed by atoms with E-state index in [0.29, 0.717) is 5.56 Å².